The van der Waals surface area contributed by atoms with Gasteiger partial charge in [0.05, 0.1) is 11.5 Å². The standard InChI is InChI=1S/C21H28N2O5S/c24-20(22-15-21(25)28-16-18-5-6-18)12-9-17-7-10-19(11-8-17)29(26,27)23-13-3-1-2-4-14-23/h7-12,18H,1-6,13-16H2,(H,22,24)/b12-9+. The Bertz CT molecular complexity index is 836. The Morgan fingerprint density at radius 2 is 1.72 bits per heavy atom. The predicted octanol–water partition coefficient (Wildman–Crippen LogP) is 2.33. The maximum atomic E-state index is 12.8. The first-order valence-corrected chi connectivity index (χ1v) is 11.6. The SMILES string of the molecule is O=C(/C=C/c1ccc(S(=O)(=O)N2CCCCCC2)cc1)NCC(=O)OCC1CC1. The molecule has 1 saturated heterocycles. The summed E-state index contributed by atoms with van der Waals surface area (Å²) in [5, 5.41) is 2.48. The minimum absolute atomic E-state index is 0.164. The largest absolute Gasteiger partial charge is 0.464 e. The van der Waals surface area contributed by atoms with Crippen LogP contribution in [-0.4, -0.2) is 50.8 Å². The molecule has 1 N–H and O–H groups in total. The van der Waals surface area contributed by atoms with E-state index in [1.165, 1.54) is 6.08 Å². The molecule has 2 fully saturated rings. The Morgan fingerprint density at radius 3 is 2.34 bits per heavy atom. The van der Waals surface area contributed by atoms with Gasteiger partial charge in [0.1, 0.15) is 6.54 Å². The molecule has 8 heteroatoms. The number of sulfonamides is 1. The summed E-state index contributed by atoms with van der Waals surface area (Å²) in [6, 6.07) is 6.46. The van der Waals surface area contributed by atoms with Crippen molar-refractivity contribution in [1.82, 2.24) is 9.62 Å². The van der Waals surface area contributed by atoms with Gasteiger partial charge in [0.15, 0.2) is 0 Å². The first-order chi connectivity index (χ1) is 13.9. The number of carbonyl (C=O) groups is 2. The molecule has 2 aliphatic rings. The Hall–Kier alpha value is -2.19. The summed E-state index contributed by atoms with van der Waals surface area (Å²) in [7, 11) is -3.48. The molecule has 1 aliphatic carbocycles. The summed E-state index contributed by atoms with van der Waals surface area (Å²) >= 11 is 0. The topological polar surface area (TPSA) is 92.8 Å². The number of benzene rings is 1. The maximum Gasteiger partial charge on any atom is 0.325 e. The third-order valence-corrected chi connectivity index (χ3v) is 7.01. The lowest BCUT2D eigenvalue weighted by atomic mass is 10.2. The molecular formula is C21H28N2O5S. The number of carbonyl (C=O) groups excluding carboxylic acids is 2. The molecule has 0 atom stereocenters. The Morgan fingerprint density at radius 1 is 1.07 bits per heavy atom. The highest BCUT2D eigenvalue weighted by Gasteiger charge is 2.25. The minimum Gasteiger partial charge on any atom is -0.464 e. The second-order valence-corrected chi connectivity index (χ2v) is 9.50. The highest BCUT2D eigenvalue weighted by atomic mass is 32.2. The van der Waals surface area contributed by atoms with Gasteiger partial charge in [0.25, 0.3) is 0 Å². The van der Waals surface area contributed by atoms with E-state index in [2.05, 4.69) is 5.32 Å². The molecule has 0 unspecified atom stereocenters. The molecule has 1 heterocycles. The number of ether oxygens (including phenoxy) is 1. The van der Waals surface area contributed by atoms with Crippen molar-refractivity contribution in [3.63, 3.8) is 0 Å². The van der Waals surface area contributed by atoms with Gasteiger partial charge in [-0.15, -0.1) is 0 Å². The molecule has 0 bridgehead atoms. The van der Waals surface area contributed by atoms with E-state index in [4.69, 9.17) is 4.74 Å². The second-order valence-electron chi connectivity index (χ2n) is 7.56. The molecule has 29 heavy (non-hydrogen) atoms. The van der Waals surface area contributed by atoms with Crippen LogP contribution in [0.3, 0.4) is 0 Å². The van der Waals surface area contributed by atoms with Gasteiger partial charge in [-0.2, -0.15) is 4.31 Å². The van der Waals surface area contributed by atoms with Crippen LogP contribution in [0, 0.1) is 5.92 Å². The number of amides is 1. The zero-order valence-electron chi connectivity index (χ0n) is 16.5. The second kappa shape index (κ2) is 10.0. The number of nitrogens with zero attached hydrogens (tertiary/aromatic N) is 1. The molecule has 1 aliphatic heterocycles. The molecule has 0 spiro atoms. The Kier molecular flexibility index (Phi) is 7.44. The van der Waals surface area contributed by atoms with Gasteiger partial charge in [-0.05, 0) is 55.4 Å². The molecule has 3 rings (SSSR count). The maximum absolute atomic E-state index is 12.8. The van der Waals surface area contributed by atoms with Crippen molar-refractivity contribution in [2.75, 3.05) is 26.2 Å². The number of esters is 1. The van der Waals surface area contributed by atoms with Gasteiger partial charge in [-0.3, -0.25) is 9.59 Å². The normalized spacial score (nSPS) is 18.3. The monoisotopic (exact) mass is 420 g/mol. The van der Waals surface area contributed by atoms with Gasteiger partial charge in [-0.1, -0.05) is 25.0 Å². The lowest BCUT2D eigenvalue weighted by Gasteiger charge is -2.19. The van der Waals surface area contributed by atoms with E-state index in [-0.39, 0.29) is 11.4 Å². The summed E-state index contributed by atoms with van der Waals surface area (Å²) < 4.78 is 32.1. The van der Waals surface area contributed by atoms with Gasteiger partial charge in [0, 0.05) is 19.2 Å². The average molecular weight is 421 g/mol. The van der Waals surface area contributed by atoms with E-state index in [1.807, 2.05) is 0 Å². The molecular weight excluding hydrogens is 392 g/mol. The van der Waals surface area contributed by atoms with Crippen LogP contribution < -0.4 is 5.32 Å². The summed E-state index contributed by atoms with van der Waals surface area (Å²) in [4.78, 5) is 23.6. The van der Waals surface area contributed by atoms with Crippen LogP contribution in [0.5, 0.6) is 0 Å². The Balaban J connectivity index is 1.49. The zero-order chi connectivity index (χ0) is 20.7. The highest BCUT2D eigenvalue weighted by molar-refractivity contribution is 7.89. The number of hydrogen-bond donors (Lipinski definition) is 1. The van der Waals surface area contributed by atoms with Crippen LogP contribution in [0.4, 0.5) is 0 Å². The van der Waals surface area contributed by atoms with Crippen molar-refractivity contribution in [2.24, 2.45) is 5.92 Å². The van der Waals surface area contributed by atoms with Crippen LogP contribution in [-0.2, 0) is 24.3 Å². The van der Waals surface area contributed by atoms with Crippen LogP contribution in [0.2, 0.25) is 0 Å². The zero-order valence-corrected chi connectivity index (χ0v) is 17.3. The molecule has 7 nitrogen and oxygen atoms in total. The number of rotatable bonds is 8. The van der Waals surface area contributed by atoms with E-state index >= 15 is 0 Å². The predicted molar refractivity (Wildman–Crippen MR) is 109 cm³/mol. The molecule has 1 amide bonds. The Labute approximate surface area is 172 Å². The van der Waals surface area contributed by atoms with E-state index in [0.29, 0.717) is 31.2 Å². The first-order valence-electron chi connectivity index (χ1n) is 10.2. The van der Waals surface area contributed by atoms with Crippen molar-refractivity contribution >= 4 is 28.0 Å². The fraction of sp³-hybridized carbons (Fsp3) is 0.524. The third kappa shape index (κ3) is 6.68. The highest BCUT2D eigenvalue weighted by Crippen LogP contribution is 2.28. The van der Waals surface area contributed by atoms with Crippen LogP contribution in [0.15, 0.2) is 35.2 Å². The lowest BCUT2D eigenvalue weighted by molar-refractivity contribution is -0.144. The summed E-state index contributed by atoms with van der Waals surface area (Å²) in [6.45, 7) is 1.39. The fourth-order valence-corrected chi connectivity index (χ4v) is 4.64. The third-order valence-electron chi connectivity index (χ3n) is 5.09. The van der Waals surface area contributed by atoms with Crippen molar-refractivity contribution in [2.45, 2.75) is 43.4 Å². The van der Waals surface area contributed by atoms with E-state index in [1.54, 1.807) is 34.6 Å². The van der Waals surface area contributed by atoms with Crippen molar-refractivity contribution < 1.29 is 22.7 Å². The molecule has 1 aromatic rings. The smallest absolute Gasteiger partial charge is 0.325 e. The molecule has 0 aromatic heterocycles. The van der Waals surface area contributed by atoms with Gasteiger partial charge in [-0.25, -0.2) is 8.42 Å². The van der Waals surface area contributed by atoms with Gasteiger partial charge in [0.2, 0.25) is 15.9 Å². The first kappa shape index (κ1) is 21.5. The summed E-state index contributed by atoms with van der Waals surface area (Å²) in [5.41, 5.74) is 0.700. The summed E-state index contributed by atoms with van der Waals surface area (Å²) in [5.74, 6) is -0.364. The minimum atomic E-state index is -3.48. The molecule has 158 valence electrons. The van der Waals surface area contributed by atoms with E-state index in [9.17, 15) is 18.0 Å². The molecule has 1 saturated carbocycles. The van der Waals surface area contributed by atoms with E-state index < -0.39 is 21.9 Å². The molecule has 1 aromatic carbocycles. The lowest BCUT2D eigenvalue weighted by Crippen LogP contribution is -2.31. The molecule has 0 radical (unpaired) electrons. The van der Waals surface area contributed by atoms with Crippen molar-refractivity contribution in [1.29, 1.82) is 0 Å². The fourth-order valence-electron chi connectivity index (χ4n) is 3.12. The van der Waals surface area contributed by atoms with Crippen LogP contribution in [0.1, 0.15) is 44.1 Å². The average Bonchev–Trinajstić information content (AvgIpc) is 3.56. The van der Waals surface area contributed by atoms with Crippen LogP contribution in [0.25, 0.3) is 6.08 Å². The van der Waals surface area contributed by atoms with Crippen molar-refractivity contribution in [3.05, 3.63) is 35.9 Å². The summed E-state index contributed by atoms with van der Waals surface area (Å²) in [6.07, 6.45) is 9.00. The van der Waals surface area contributed by atoms with E-state index in [0.717, 1.165) is 38.5 Å². The van der Waals surface area contributed by atoms with Crippen molar-refractivity contribution in [3.8, 4) is 0 Å². The van der Waals surface area contributed by atoms with Crippen LogP contribution >= 0.6 is 0 Å². The number of nitrogens with one attached hydrogen (secondary N) is 1. The quantitative estimate of drug-likeness (QED) is 0.515. The van der Waals surface area contributed by atoms with Gasteiger partial charge >= 0.3 is 5.97 Å². The number of hydrogen-bond acceptors (Lipinski definition) is 5. The van der Waals surface area contributed by atoms with Gasteiger partial charge < -0.3 is 10.1 Å².